The van der Waals surface area contributed by atoms with E-state index in [9.17, 15) is 19.7 Å². The molecule has 0 aliphatic carbocycles. The Morgan fingerprint density at radius 2 is 2.04 bits per heavy atom. The van der Waals surface area contributed by atoms with E-state index in [1.807, 2.05) is 13.8 Å². The van der Waals surface area contributed by atoms with Gasteiger partial charge in [-0.2, -0.15) is 0 Å². The number of methoxy groups -OCH3 is 1. The number of rotatable bonds is 7. The number of non-ortho nitro benzene ring substituents is 1. The first-order chi connectivity index (χ1) is 12.8. The molecule has 0 spiro atoms. The molecule has 27 heavy (non-hydrogen) atoms. The van der Waals surface area contributed by atoms with E-state index in [1.54, 1.807) is 6.07 Å². The first-order valence-electron chi connectivity index (χ1n) is 8.20. The molecule has 0 unspecified atom stereocenters. The average molecular weight is 392 g/mol. The number of carbonyl (C=O) groups excluding carboxylic acids is 2. The molecule has 144 valence electrons. The Kier molecular flexibility index (Phi) is 6.51. The molecule has 1 aromatic carbocycles. The molecule has 2 aromatic rings. The van der Waals surface area contributed by atoms with Crippen LogP contribution in [0.3, 0.4) is 0 Å². The summed E-state index contributed by atoms with van der Waals surface area (Å²) in [5, 5.41) is 13.4. The van der Waals surface area contributed by atoms with Crippen LogP contribution in [-0.4, -0.2) is 30.0 Å². The Labute approximate surface area is 160 Å². The third-order valence-corrected chi connectivity index (χ3v) is 4.98. The average Bonchev–Trinajstić information content (AvgIpc) is 3.02. The Hall–Kier alpha value is -2.94. The van der Waals surface area contributed by atoms with Gasteiger partial charge in [0.05, 0.1) is 17.7 Å². The van der Waals surface area contributed by atoms with Crippen molar-refractivity contribution in [3.8, 4) is 5.75 Å². The highest BCUT2D eigenvalue weighted by Crippen LogP contribution is 2.29. The molecule has 0 aliphatic rings. The second kappa shape index (κ2) is 8.63. The van der Waals surface area contributed by atoms with Crippen LogP contribution in [-0.2, 0) is 16.0 Å². The van der Waals surface area contributed by atoms with Crippen molar-refractivity contribution in [2.75, 3.05) is 12.4 Å². The second-order valence-electron chi connectivity index (χ2n) is 5.72. The smallest absolute Gasteiger partial charge is 0.349 e. The number of ether oxygens (including phenoxy) is 2. The minimum absolute atomic E-state index is 0.125. The molecule has 1 amide bonds. The number of aryl methyl sites for hydroxylation is 2. The largest absolute Gasteiger partial charge is 0.495 e. The zero-order valence-corrected chi connectivity index (χ0v) is 16.2. The van der Waals surface area contributed by atoms with Gasteiger partial charge in [0.2, 0.25) is 0 Å². The van der Waals surface area contributed by atoms with E-state index in [2.05, 4.69) is 5.32 Å². The first-order valence-corrected chi connectivity index (χ1v) is 9.02. The summed E-state index contributed by atoms with van der Waals surface area (Å²) in [6.07, 6.45) is -0.285. The Balaban J connectivity index is 2.10. The van der Waals surface area contributed by atoms with Crippen LogP contribution in [0.15, 0.2) is 24.3 Å². The van der Waals surface area contributed by atoms with Gasteiger partial charge in [0.25, 0.3) is 11.6 Å². The van der Waals surface area contributed by atoms with Crippen LogP contribution in [0.1, 0.15) is 34.0 Å². The topological polar surface area (TPSA) is 108 Å². The van der Waals surface area contributed by atoms with Gasteiger partial charge in [0, 0.05) is 17.0 Å². The highest BCUT2D eigenvalue weighted by atomic mass is 32.1. The standard InChI is InChI=1S/C18H20N2O6S/c1-5-12-8-16(27-11(12)3)18(22)26-10(2)17(21)19-14-9-13(20(23)24)6-7-15(14)25-4/h6-10H,5H2,1-4H3,(H,19,21)/t10-/m1/s1. The van der Waals surface area contributed by atoms with E-state index in [1.165, 1.54) is 43.6 Å². The number of carbonyl (C=O) groups is 2. The fourth-order valence-corrected chi connectivity index (χ4v) is 3.38. The zero-order chi connectivity index (χ0) is 20.1. The third-order valence-electron chi connectivity index (χ3n) is 3.91. The third kappa shape index (κ3) is 4.82. The van der Waals surface area contributed by atoms with Crippen molar-refractivity contribution in [1.82, 2.24) is 0 Å². The SMILES string of the molecule is CCc1cc(C(=O)O[C@H](C)C(=O)Nc2cc([N+](=O)[O-])ccc2OC)sc1C. The number of nitrogens with zero attached hydrogens (tertiary/aromatic N) is 1. The van der Waals surface area contributed by atoms with E-state index in [0.29, 0.717) is 4.88 Å². The maximum absolute atomic E-state index is 12.3. The lowest BCUT2D eigenvalue weighted by atomic mass is 10.2. The van der Waals surface area contributed by atoms with Gasteiger partial charge in [-0.1, -0.05) is 6.92 Å². The number of amides is 1. The summed E-state index contributed by atoms with van der Waals surface area (Å²) in [6, 6.07) is 5.59. The van der Waals surface area contributed by atoms with Gasteiger partial charge in [-0.05, 0) is 38.0 Å². The number of nitrogens with one attached hydrogen (secondary N) is 1. The molecule has 1 aromatic heterocycles. The predicted octanol–water partition coefficient (Wildman–Crippen LogP) is 3.72. The Bertz CT molecular complexity index is 877. The van der Waals surface area contributed by atoms with Crippen molar-refractivity contribution in [3.63, 3.8) is 0 Å². The second-order valence-corrected chi connectivity index (χ2v) is 6.98. The number of hydrogen-bond acceptors (Lipinski definition) is 7. The van der Waals surface area contributed by atoms with Gasteiger partial charge < -0.3 is 14.8 Å². The van der Waals surface area contributed by atoms with Crippen LogP contribution in [0.2, 0.25) is 0 Å². The highest BCUT2D eigenvalue weighted by molar-refractivity contribution is 7.14. The molecule has 2 rings (SSSR count). The van der Waals surface area contributed by atoms with E-state index in [0.717, 1.165) is 16.9 Å². The van der Waals surface area contributed by atoms with Crippen LogP contribution < -0.4 is 10.1 Å². The minimum Gasteiger partial charge on any atom is -0.495 e. The number of anilines is 1. The lowest BCUT2D eigenvalue weighted by Crippen LogP contribution is -2.30. The van der Waals surface area contributed by atoms with Crippen molar-refractivity contribution in [1.29, 1.82) is 0 Å². The van der Waals surface area contributed by atoms with Crippen molar-refractivity contribution in [2.45, 2.75) is 33.3 Å². The minimum atomic E-state index is -1.09. The van der Waals surface area contributed by atoms with E-state index in [-0.39, 0.29) is 17.1 Å². The number of benzene rings is 1. The van der Waals surface area contributed by atoms with Crippen molar-refractivity contribution >= 4 is 34.6 Å². The number of nitro groups is 1. The fraction of sp³-hybridized carbons (Fsp3) is 0.333. The summed E-state index contributed by atoms with van der Waals surface area (Å²) < 4.78 is 10.3. The zero-order valence-electron chi connectivity index (χ0n) is 15.4. The van der Waals surface area contributed by atoms with Crippen LogP contribution in [0.25, 0.3) is 0 Å². The molecule has 9 heteroatoms. The van der Waals surface area contributed by atoms with Gasteiger partial charge in [-0.3, -0.25) is 14.9 Å². The number of thiophene rings is 1. The van der Waals surface area contributed by atoms with Gasteiger partial charge in [-0.15, -0.1) is 11.3 Å². The predicted molar refractivity (Wildman–Crippen MR) is 102 cm³/mol. The first kappa shape index (κ1) is 20.4. The summed E-state index contributed by atoms with van der Waals surface area (Å²) in [5.74, 6) is -0.948. The van der Waals surface area contributed by atoms with Gasteiger partial charge in [-0.25, -0.2) is 4.79 Å². The molecule has 1 N–H and O–H groups in total. The molecule has 0 radical (unpaired) electrons. The van der Waals surface area contributed by atoms with E-state index in [4.69, 9.17) is 9.47 Å². The molecule has 0 saturated heterocycles. The number of nitro benzene ring substituents is 1. The maximum Gasteiger partial charge on any atom is 0.349 e. The maximum atomic E-state index is 12.3. The van der Waals surface area contributed by atoms with Crippen LogP contribution in [0.4, 0.5) is 11.4 Å². The highest BCUT2D eigenvalue weighted by Gasteiger charge is 2.22. The molecule has 1 atom stereocenters. The summed E-state index contributed by atoms with van der Waals surface area (Å²) in [5.41, 5.74) is 0.988. The van der Waals surface area contributed by atoms with E-state index >= 15 is 0 Å². The summed E-state index contributed by atoms with van der Waals surface area (Å²) in [4.78, 5) is 36.4. The van der Waals surface area contributed by atoms with Crippen molar-refractivity contribution < 1.29 is 24.0 Å². The summed E-state index contributed by atoms with van der Waals surface area (Å²) in [7, 11) is 1.38. The quantitative estimate of drug-likeness (QED) is 0.437. The molecular weight excluding hydrogens is 372 g/mol. The molecular formula is C18H20N2O6S. The summed E-state index contributed by atoms with van der Waals surface area (Å²) >= 11 is 1.31. The molecule has 0 bridgehead atoms. The van der Waals surface area contributed by atoms with Crippen LogP contribution in [0, 0.1) is 17.0 Å². The molecule has 8 nitrogen and oxygen atoms in total. The van der Waals surface area contributed by atoms with Crippen molar-refractivity contribution in [2.24, 2.45) is 0 Å². The normalized spacial score (nSPS) is 11.6. The van der Waals surface area contributed by atoms with Gasteiger partial charge >= 0.3 is 5.97 Å². The number of hydrogen-bond donors (Lipinski definition) is 1. The Morgan fingerprint density at radius 3 is 2.59 bits per heavy atom. The van der Waals surface area contributed by atoms with Crippen molar-refractivity contribution in [3.05, 3.63) is 49.7 Å². The van der Waals surface area contributed by atoms with Crippen LogP contribution >= 0.6 is 11.3 Å². The summed E-state index contributed by atoms with van der Waals surface area (Å²) in [6.45, 7) is 5.34. The van der Waals surface area contributed by atoms with Gasteiger partial charge in [0.15, 0.2) is 6.10 Å². The molecule has 0 fully saturated rings. The lowest BCUT2D eigenvalue weighted by molar-refractivity contribution is -0.384. The van der Waals surface area contributed by atoms with E-state index < -0.39 is 22.9 Å². The monoisotopic (exact) mass is 392 g/mol. The molecule has 1 heterocycles. The Morgan fingerprint density at radius 1 is 1.33 bits per heavy atom. The molecule has 0 saturated carbocycles. The number of esters is 1. The fourth-order valence-electron chi connectivity index (χ4n) is 2.39. The lowest BCUT2D eigenvalue weighted by Gasteiger charge is -2.14. The molecule has 0 aliphatic heterocycles. The van der Waals surface area contributed by atoms with Gasteiger partial charge in [0.1, 0.15) is 10.6 Å². The van der Waals surface area contributed by atoms with Crippen LogP contribution in [0.5, 0.6) is 5.75 Å².